The topological polar surface area (TPSA) is 84.1 Å². The zero-order valence-electron chi connectivity index (χ0n) is 17.6. The van der Waals surface area contributed by atoms with Gasteiger partial charge in [-0.15, -0.1) is 0 Å². The molecule has 6 nitrogen and oxygen atoms in total. The molecule has 2 N–H and O–H groups in total. The highest BCUT2D eigenvalue weighted by molar-refractivity contribution is 7.98. The van der Waals surface area contributed by atoms with Crippen molar-refractivity contribution in [1.29, 1.82) is 0 Å². The number of H-pyrrole nitrogens is 1. The first kappa shape index (κ1) is 21.2. The molecular formula is C24H25N3O3S. The molecule has 3 aromatic rings. The molecule has 0 saturated heterocycles. The fraction of sp³-hybridized carbons (Fsp3) is 0.292. The highest BCUT2D eigenvalue weighted by atomic mass is 32.2. The number of rotatable bonds is 7. The third-order valence-corrected chi connectivity index (χ3v) is 6.23. The number of aryl methyl sites for hydroxylation is 1. The highest BCUT2D eigenvalue weighted by Gasteiger charge is 2.31. The van der Waals surface area contributed by atoms with Crippen LogP contribution in [0.15, 0.2) is 58.5 Å². The van der Waals surface area contributed by atoms with Gasteiger partial charge in [0.15, 0.2) is 5.16 Å². The van der Waals surface area contributed by atoms with E-state index in [1.54, 1.807) is 0 Å². The molecule has 1 amide bonds. The van der Waals surface area contributed by atoms with E-state index < -0.39 is 0 Å². The lowest BCUT2D eigenvalue weighted by Crippen LogP contribution is -2.31. The Bertz CT molecular complexity index is 1140. The van der Waals surface area contributed by atoms with Gasteiger partial charge >= 0.3 is 0 Å². The Morgan fingerprint density at radius 2 is 1.90 bits per heavy atom. The second-order valence-corrected chi connectivity index (χ2v) is 8.53. The maximum absolute atomic E-state index is 13.0. The number of hydrogen-bond acceptors (Lipinski definition) is 5. The minimum atomic E-state index is -0.337. The summed E-state index contributed by atoms with van der Waals surface area (Å²) < 4.78 is 5.64. The molecule has 4 rings (SSSR count). The number of fused-ring (bicyclic) bond motifs is 1. The fourth-order valence-corrected chi connectivity index (χ4v) is 4.57. The molecule has 160 valence electrons. The summed E-state index contributed by atoms with van der Waals surface area (Å²) in [6, 6.07) is 15.7. The van der Waals surface area contributed by atoms with E-state index in [1.165, 1.54) is 22.9 Å². The van der Waals surface area contributed by atoms with Crippen LogP contribution in [0.25, 0.3) is 0 Å². The van der Waals surface area contributed by atoms with Crippen LogP contribution in [-0.4, -0.2) is 22.5 Å². The predicted molar refractivity (Wildman–Crippen MR) is 123 cm³/mol. The average Bonchev–Trinajstić information content (AvgIpc) is 2.76. The molecule has 0 fully saturated rings. The highest BCUT2D eigenvalue weighted by Crippen LogP contribution is 2.35. The number of nitrogens with one attached hydrogen (secondary N) is 2. The van der Waals surface area contributed by atoms with E-state index in [9.17, 15) is 9.59 Å². The van der Waals surface area contributed by atoms with Crippen LogP contribution in [0, 0.1) is 6.92 Å². The summed E-state index contributed by atoms with van der Waals surface area (Å²) >= 11 is 1.45. The molecule has 1 aromatic heterocycles. The van der Waals surface area contributed by atoms with Crippen molar-refractivity contribution in [2.75, 3.05) is 11.9 Å². The number of nitrogens with zero attached hydrogens (tertiary/aromatic N) is 1. The van der Waals surface area contributed by atoms with Crippen molar-refractivity contribution in [2.24, 2.45) is 0 Å². The summed E-state index contributed by atoms with van der Waals surface area (Å²) in [7, 11) is 0. The Morgan fingerprint density at radius 1 is 1.13 bits per heavy atom. The van der Waals surface area contributed by atoms with Gasteiger partial charge in [-0.05, 0) is 42.2 Å². The fourth-order valence-electron chi connectivity index (χ4n) is 3.64. The molecule has 7 heteroatoms. The summed E-state index contributed by atoms with van der Waals surface area (Å²) in [5.41, 5.74) is 3.55. The van der Waals surface area contributed by atoms with Crippen LogP contribution in [0.3, 0.4) is 0 Å². The Hall–Kier alpha value is -3.06. The molecule has 0 unspecified atom stereocenters. The maximum Gasteiger partial charge on any atom is 0.257 e. The van der Waals surface area contributed by atoms with Gasteiger partial charge in [-0.1, -0.05) is 55.1 Å². The summed E-state index contributed by atoms with van der Waals surface area (Å²) in [6.45, 7) is 4.77. The maximum atomic E-state index is 13.0. The normalized spacial score (nSPS) is 15.3. The lowest BCUT2D eigenvalue weighted by atomic mass is 9.87. The second-order valence-electron chi connectivity index (χ2n) is 7.57. The van der Waals surface area contributed by atoms with Crippen molar-refractivity contribution in [2.45, 2.75) is 43.5 Å². The third kappa shape index (κ3) is 4.82. The van der Waals surface area contributed by atoms with Crippen molar-refractivity contribution < 1.29 is 9.53 Å². The summed E-state index contributed by atoms with van der Waals surface area (Å²) in [6.07, 6.45) is 1.14. The zero-order valence-corrected chi connectivity index (χ0v) is 18.4. The van der Waals surface area contributed by atoms with Crippen LogP contribution < -0.4 is 15.6 Å². The molecule has 31 heavy (non-hydrogen) atoms. The van der Waals surface area contributed by atoms with Crippen LogP contribution in [0.2, 0.25) is 0 Å². The van der Waals surface area contributed by atoms with Gasteiger partial charge in [0.25, 0.3) is 5.56 Å². The van der Waals surface area contributed by atoms with Gasteiger partial charge in [-0.25, -0.2) is 4.98 Å². The molecule has 2 heterocycles. The Balaban J connectivity index is 1.59. The van der Waals surface area contributed by atoms with Crippen molar-refractivity contribution in [3.63, 3.8) is 0 Å². The van der Waals surface area contributed by atoms with Gasteiger partial charge in [-0.3, -0.25) is 9.59 Å². The van der Waals surface area contributed by atoms with Crippen molar-refractivity contribution in [3.05, 3.63) is 81.1 Å². The molecule has 1 atom stereocenters. The first-order valence-electron chi connectivity index (χ1n) is 10.4. The largest absolute Gasteiger partial charge is 0.494 e. The number of benzene rings is 2. The number of thioether (sulfide) groups is 1. The smallest absolute Gasteiger partial charge is 0.257 e. The SMILES string of the molecule is CCCOc1ccc([C@@H]2CC(=O)Nc3nc(SCc4ccccc4C)[nH]c(=O)c32)cc1. The summed E-state index contributed by atoms with van der Waals surface area (Å²) in [5, 5.41) is 3.28. The van der Waals surface area contributed by atoms with Crippen LogP contribution >= 0.6 is 11.8 Å². The quantitative estimate of drug-likeness (QED) is 0.417. The first-order chi connectivity index (χ1) is 15.0. The van der Waals surface area contributed by atoms with E-state index in [-0.39, 0.29) is 23.8 Å². The number of aromatic amines is 1. The Kier molecular flexibility index (Phi) is 6.42. The minimum absolute atomic E-state index is 0.142. The standard InChI is InChI=1S/C24H25N3O3S/c1-3-12-30-18-10-8-16(9-11-18)19-13-20(28)25-22-21(19)23(29)27-24(26-22)31-14-17-7-5-4-6-15(17)2/h4-11,19H,3,12-14H2,1-2H3,(H2,25,26,27,28,29)/t19-/m0/s1. The minimum Gasteiger partial charge on any atom is -0.494 e. The molecule has 0 spiro atoms. The van der Waals surface area contributed by atoms with Crippen molar-refractivity contribution in [1.82, 2.24) is 9.97 Å². The van der Waals surface area contributed by atoms with E-state index in [0.29, 0.717) is 28.9 Å². The molecule has 1 aliphatic rings. The first-order valence-corrected chi connectivity index (χ1v) is 11.4. The molecule has 0 bridgehead atoms. The van der Waals surface area contributed by atoms with Gasteiger partial charge in [-0.2, -0.15) is 0 Å². The number of anilines is 1. The van der Waals surface area contributed by atoms with Crippen molar-refractivity contribution >= 4 is 23.5 Å². The number of aromatic nitrogens is 2. The van der Waals surface area contributed by atoms with Crippen LogP contribution in [0.1, 0.15) is 47.9 Å². The predicted octanol–water partition coefficient (Wildman–Crippen LogP) is 4.63. The van der Waals surface area contributed by atoms with Gasteiger partial charge < -0.3 is 15.0 Å². The number of carbonyl (C=O) groups excluding carboxylic acids is 1. The van der Waals surface area contributed by atoms with E-state index in [0.717, 1.165) is 17.7 Å². The number of ether oxygens (including phenoxy) is 1. The molecular weight excluding hydrogens is 410 g/mol. The molecule has 0 aliphatic carbocycles. The van der Waals surface area contributed by atoms with E-state index in [2.05, 4.69) is 41.3 Å². The zero-order chi connectivity index (χ0) is 21.8. The van der Waals surface area contributed by atoms with Crippen LogP contribution in [0.5, 0.6) is 5.75 Å². The van der Waals surface area contributed by atoms with E-state index >= 15 is 0 Å². The van der Waals surface area contributed by atoms with Gasteiger partial charge in [0, 0.05) is 18.1 Å². The summed E-state index contributed by atoms with van der Waals surface area (Å²) in [5.74, 6) is 1.34. The van der Waals surface area contributed by atoms with E-state index in [1.807, 2.05) is 36.4 Å². The monoisotopic (exact) mass is 435 g/mol. The second kappa shape index (κ2) is 9.39. The third-order valence-electron chi connectivity index (χ3n) is 5.31. The number of hydrogen-bond donors (Lipinski definition) is 2. The van der Waals surface area contributed by atoms with Crippen LogP contribution in [-0.2, 0) is 10.5 Å². The van der Waals surface area contributed by atoms with Gasteiger partial charge in [0.1, 0.15) is 11.6 Å². The lowest BCUT2D eigenvalue weighted by molar-refractivity contribution is -0.116. The van der Waals surface area contributed by atoms with Gasteiger partial charge in [0.05, 0.1) is 12.2 Å². The Morgan fingerprint density at radius 3 is 2.65 bits per heavy atom. The average molecular weight is 436 g/mol. The van der Waals surface area contributed by atoms with Gasteiger partial charge in [0.2, 0.25) is 5.91 Å². The number of amides is 1. The molecule has 1 aliphatic heterocycles. The Labute approximate surface area is 185 Å². The van der Waals surface area contributed by atoms with Crippen LogP contribution in [0.4, 0.5) is 5.82 Å². The number of carbonyl (C=O) groups is 1. The molecule has 2 aromatic carbocycles. The molecule has 0 radical (unpaired) electrons. The molecule has 0 saturated carbocycles. The lowest BCUT2D eigenvalue weighted by Gasteiger charge is -2.24. The summed E-state index contributed by atoms with van der Waals surface area (Å²) in [4.78, 5) is 32.8. The van der Waals surface area contributed by atoms with E-state index in [4.69, 9.17) is 4.74 Å². The van der Waals surface area contributed by atoms with Crippen molar-refractivity contribution in [3.8, 4) is 5.75 Å².